The molecule has 1 aliphatic heterocycles. The predicted octanol–water partition coefficient (Wildman–Crippen LogP) is 1.03. The average molecular weight is 341 g/mol. The van der Waals surface area contributed by atoms with Crippen molar-refractivity contribution >= 4 is 39.4 Å². The van der Waals surface area contributed by atoms with E-state index in [4.69, 9.17) is 5.73 Å². The van der Waals surface area contributed by atoms with Gasteiger partial charge in [0.15, 0.2) is 10.6 Å². The molecule has 1 saturated heterocycles. The molecular weight excluding hydrogens is 326 g/mol. The van der Waals surface area contributed by atoms with Crippen LogP contribution >= 0.6 is 11.3 Å². The Hall–Kier alpha value is -2.81. The Kier molecular flexibility index (Phi) is 3.69. The molecule has 0 radical (unpaired) electrons. The summed E-state index contributed by atoms with van der Waals surface area (Å²) < 4.78 is 0. The number of aromatic nitrogens is 4. The molecule has 9 heteroatoms. The van der Waals surface area contributed by atoms with Crippen molar-refractivity contribution in [3.8, 4) is 0 Å². The molecule has 3 aromatic heterocycles. The molecule has 0 bridgehead atoms. The lowest BCUT2D eigenvalue weighted by atomic mass is 10.2. The first-order chi connectivity index (χ1) is 11.7. The summed E-state index contributed by atoms with van der Waals surface area (Å²) in [5.41, 5.74) is 8.92. The number of nitrogens with two attached hydrogens (primary N) is 1. The summed E-state index contributed by atoms with van der Waals surface area (Å²) in [6.07, 6.45) is 3.26. The summed E-state index contributed by atoms with van der Waals surface area (Å²) in [6, 6.07) is 3.55. The zero-order chi connectivity index (χ0) is 16.5. The van der Waals surface area contributed by atoms with Gasteiger partial charge in [0, 0.05) is 38.6 Å². The Bertz CT molecular complexity index is 874. The number of nitrogen functional groups attached to an aromatic ring is 1. The minimum Gasteiger partial charge on any atom is -0.368 e. The van der Waals surface area contributed by atoms with Crippen molar-refractivity contribution in [1.29, 1.82) is 0 Å². The van der Waals surface area contributed by atoms with Gasteiger partial charge in [-0.2, -0.15) is 4.98 Å². The Morgan fingerprint density at radius 1 is 1.21 bits per heavy atom. The Morgan fingerprint density at radius 2 is 2.04 bits per heavy atom. The predicted molar refractivity (Wildman–Crippen MR) is 92.0 cm³/mol. The van der Waals surface area contributed by atoms with Gasteiger partial charge < -0.3 is 15.5 Å². The fourth-order valence-corrected chi connectivity index (χ4v) is 3.44. The van der Waals surface area contributed by atoms with E-state index in [1.165, 1.54) is 11.3 Å². The van der Waals surface area contributed by atoms with Gasteiger partial charge in [0.25, 0.3) is 5.91 Å². The van der Waals surface area contributed by atoms with E-state index >= 15 is 0 Å². The standard InChI is InChI=1S/C15H15N7OS/c16-15-19-12(11-13(20-15)24-9-18-11)21-4-6-22(7-5-21)14(23)10-2-1-3-17-8-10/h1-3,8-9H,4-7H2,(H2,16,19,20). The third-order valence-corrected chi connectivity index (χ3v) is 4.69. The quantitative estimate of drug-likeness (QED) is 0.742. The topological polar surface area (TPSA) is 101 Å². The van der Waals surface area contributed by atoms with Gasteiger partial charge in [0.1, 0.15) is 5.52 Å². The molecule has 0 saturated carbocycles. The molecule has 0 spiro atoms. The summed E-state index contributed by atoms with van der Waals surface area (Å²) in [7, 11) is 0. The van der Waals surface area contributed by atoms with E-state index in [1.807, 2.05) is 4.90 Å². The largest absolute Gasteiger partial charge is 0.368 e. The molecule has 0 aromatic carbocycles. The van der Waals surface area contributed by atoms with Crippen molar-refractivity contribution in [2.45, 2.75) is 0 Å². The van der Waals surface area contributed by atoms with E-state index < -0.39 is 0 Å². The fourth-order valence-electron chi connectivity index (χ4n) is 2.78. The molecule has 122 valence electrons. The Morgan fingerprint density at radius 3 is 2.79 bits per heavy atom. The van der Waals surface area contributed by atoms with E-state index in [0.29, 0.717) is 31.7 Å². The number of hydrogen-bond acceptors (Lipinski definition) is 8. The minimum absolute atomic E-state index is 0.00348. The normalized spacial score (nSPS) is 15.0. The first-order valence-electron chi connectivity index (χ1n) is 7.53. The van der Waals surface area contributed by atoms with Crippen LogP contribution in [0.25, 0.3) is 10.3 Å². The lowest BCUT2D eigenvalue weighted by Crippen LogP contribution is -2.49. The lowest BCUT2D eigenvalue weighted by molar-refractivity contribution is 0.0746. The van der Waals surface area contributed by atoms with Crippen LogP contribution in [0.5, 0.6) is 0 Å². The van der Waals surface area contributed by atoms with Gasteiger partial charge in [0.05, 0.1) is 11.1 Å². The second-order valence-electron chi connectivity index (χ2n) is 5.43. The average Bonchev–Trinajstić information content (AvgIpc) is 3.09. The molecule has 24 heavy (non-hydrogen) atoms. The second kappa shape index (κ2) is 6.00. The number of nitrogens with zero attached hydrogens (tertiary/aromatic N) is 6. The van der Waals surface area contributed by atoms with Crippen molar-refractivity contribution in [3.63, 3.8) is 0 Å². The number of pyridine rings is 1. The minimum atomic E-state index is 0.00348. The maximum Gasteiger partial charge on any atom is 0.255 e. The number of rotatable bonds is 2. The highest BCUT2D eigenvalue weighted by Crippen LogP contribution is 2.26. The van der Waals surface area contributed by atoms with Crippen molar-refractivity contribution in [3.05, 3.63) is 35.6 Å². The third-order valence-electron chi connectivity index (χ3n) is 3.97. The molecule has 0 atom stereocenters. The highest BCUT2D eigenvalue weighted by atomic mass is 32.1. The zero-order valence-electron chi connectivity index (χ0n) is 12.8. The van der Waals surface area contributed by atoms with E-state index in [2.05, 4.69) is 24.8 Å². The molecule has 0 aliphatic carbocycles. The number of anilines is 2. The molecule has 1 aliphatic rings. The number of carbonyl (C=O) groups excluding carboxylic acids is 1. The fraction of sp³-hybridized carbons (Fsp3) is 0.267. The summed E-state index contributed by atoms with van der Waals surface area (Å²) in [5, 5.41) is 0. The SMILES string of the molecule is Nc1nc(N2CCN(C(=O)c3cccnc3)CC2)c2ncsc2n1. The van der Waals surface area contributed by atoms with Crippen LogP contribution in [-0.2, 0) is 0 Å². The first-order valence-corrected chi connectivity index (χ1v) is 8.41. The molecular formula is C15H15N7OS. The summed E-state index contributed by atoms with van der Waals surface area (Å²) in [5.74, 6) is 0.992. The van der Waals surface area contributed by atoms with Gasteiger partial charge in [-0.25, -0.2) is 9.97 Å². The van der Waals surface area contributed by atoms with Crippen LogP contribution in [-0.4, -0.2) is 56.9 Å². The number of fused-ring (bicyclic) bond motifs is 1. The van der Waals surface area contributed by atoms with Crippen molar-refractivity contribution in [2.75, 3.05) is 36.8 Å². The van der Waals surface area contributed by atoms with E-state index in [9.17, 15) is 4.79 Å². The van der Waals surface area contributed by atoms with E-state index in [0.717, 1.165) is 16.2 Å². The van der Waals surface area contributed by atoms with Crippen LogP contribution < -0.4 is 10.6 Å². The van der Waals surface area contributed by atoms with Crippen LogP contribution in [0.1, 0.15) is 10.4 Å². The van der Waals surface area contributed by atoms with Gasteiger partial charge >= 0.3 is 0 Å². The summed E-state index contributed by atoms with van der Waals surface area (Å²) in [6.45, 7) is 2.58. The van der Waals surface area contributed by atoms with Crippen molar-refractivity contribution in [1.82, 2.24) is 24.8 Å². The van der Waals surface area contributed by atoms with Gasteiger partial charge in [-0.05, 0) is 12.1 Å². The number of amides is 1. The Labute approximate surface area is 142 Å². The summed E-state index contributed by atoms with van der Waals surface area (Å²) in [4.78, 5) is 34.1. The van der Waals surface area contributed by atoms with Crippen LogP contribution in [0, 0.1) is 0 Å². The van der Waals surface area contributed by atoms with Crippen LogP contribution in [0.15, 0.2) is 30.0 Å². The second-order valence-corrected chi connectivity index (χ2v) is 6.27. The summed E-state index contributed by atoms with van der Waals surface area (Å²) >= 11 is 1.44. The maximum absolute atomic E-state index is 12.5. The molecule has 1 fully saturated rings. The maximum atomic E-state index is 12.5. The van der Waals surface area contributed by atoms with Crippen LogP contribution in [0.2, 0.25) is 0 Å². The molecule has 3 aromatic rings. The number of thiazole rings is 1. The molecule has 0 unspecified atom stereocenters. The highest BCUT2D eigenvalue weighted by Gasteiger charge is 2.25. The van der Waals surface area contributed by atoms with Gasteiger partial charge in [0.2, 0.25) is 5.95 Å². The van der Waals surface area contributed by atoms with Crippen molar-refractivity contribution < 1.29 is 4.79 Å². The van der Waals surface area contributed by atoms with E-state index in [1.54, 1.807) is 30.0 Å². The van der Waals surface area contributed by atoms with Crippen LogP contribution in [0.3, 0.4) is 0 Å². The third kappa shape index (κ3) is 2.62. The molecule has 2 N–H and O–H groups in total. The molecule has 4 heterocycles. The number of carbonyl (C=O) groups is 1. The number of hydrogen-bond donors (Lipinski definition) is 1. The molecule has 1 amide bonds. The molecule has 4 rings (SSSR count). The van der Waals surface area contributed by atoms with Gasteiger partial charge in [-0.1, -0.05) is 0 Å². The smallest absolute Gasteiger partial charge is 0.255 e. The van der Waals surface area contributed by atoms with Crippen LogP contribution in [0.4, 0.5) is 11.8 Å². The molecule has 8 nitrogen and oxygen atoms in total. The monoisotopic (exact) mass is 341 g/mol. The number of piperazine rings is 1. The highest BCUT2D eigenvalue weighted by molar-refractivity contribution is 7.16. The van der Waals surface area contributed by atoms with Gasteiger partial charge in [-0.15, -0.1) is 11.3 Å². The zero-order valence-corrected chi connectivity index (χ0v) is 13.6. The lowest BCUT2D eigenvalue weighted by Gasteiger charge is -2.35. The van der Waals surface area contributed by atoms with Gasteiger partial charge in [-0.3, -0.25) is 9.78 Å². The first kappa shape index (κ1) is 14.8. The Balaban J connectivity index is 1.52. The van der Waals surface area contributed by atoms with E-state index in [-0.39, 0.29) is 11.9 Å². The van der Waals surface area contributed by atoms with Crippen molar-refractivity contribution in [2.24, 2.45) is 0 Å².